The molecule has 146 valence electrons. The Morgan fingerprint density at radius 1 is 1.14 bits per heavy atom. The fourth-order valence-electron chi connectivity index (χ4n) is 2.84. The topological polar surface area (TPSA) is 125 Å². The molecule has 1 amide bonds. The normalized spacial score (nSPS) is 14.9. The molecule has 0 aliphatic carbocycles. The van der Waals surface area contributed by atoms with Gasteiger partial charge in [-0.15, -0.1) is 0 Å². The molecule has 2 N–H and O–H groups in total. The molecule has 1 aliphatic heterocycles. The number of nitrogens with two attached hydrogens (primary N) is 1. The highest BCUT2D eigenvalue weighted by Gasteiger charge is 2.31. The molecule has 2 aromatic rings. The molecule has 1 aliphatic rings. The van der Waals surface area contributed by atoms with Crippen LogP contribution in [0.5, 0.6) is 0 Å². The third-order valence-electron chi connectivity index (χ3n) is 4.34. The van der Waals surface area contributed by atoms with Gasteiger partial charge in [-0.3, -0.25) is 14.9 Å². The summed E-state index contributed by atoms with van der Waals surface area (Å²) in [4.78, 5) is 37.6. The molecule has 0 radical (unpaired) electrons. The summed E-state index contributed by atoms with van der Waals surface area (Å²) in [7, 11) is 0. The molecule has 0 saturated carbocycles. The molecule has 0 bridgehead atoms. The van der Waals surface area contributed by atoms with Gasteiger partial charge in [0, 0.05) is 36.5 Å². The van der Waals surface area contributed by atoms with Crippen molar-refractivity contribution in [2.45, 2.75) is 6.10 Å². The van der Waals surface area contributed by atoms with Gasteiger partial charge < -0.3 is 20.1 Å². The van der Waals surface area contributed by atoms with Crippen molar-refractivity contribution in [1.29, 1.82) is 0 Å². The molecule has 0 unspecified atom stereocenters. The van der Waals surface area contributed by atoms with Crippen LogP contribution in [0.3, 0.4) is 0 Å². The second kappa shape index (κ2) is 8.49. The predicted molar refractivity (Wildman–Crippen MR) is 99.5 cm³/mol. The van der Waals surface area contributed by atoms with Crippen molar-refractivity contribution in [2.24, 2.45) is 0 Å². The Kier molecular flexibility index (Phi) is 5.85. The number of nitro benzene ring substituents is 1. The zero-order valence-electron chi connectivity index (χ0n) is 14.9. The summed E-state index contributed by atoms with van der Waals surface area (Å²) in [5.74, 6) is -1.29. The first-order valence-electron chi connectivity index (χ1n) is 8.63. The SMILES string of the molecule is Nc1ccc([N+](=O)[O-])cc1C(=O)O[C@@H](C(=O)N1CCOCC1)c1ccccc1. The molecule has 28 heavy (non-hydrogen) atoms. The van der Waals surface area contributed by atoms with E-state index in [-0.39, 0.29) is 22.8 Å². The average molecular weight is 385 g/mol. The van der Waals surface area contributed by atoms with Crippen LogP contribution in [-0.4, -0.2) is 48.0 Å². The van der Waals surface area contributed by atoms with Gasteiger partial charge in [-0.1, -0.05) is 30.3 Å². The van der Waals surface area contributed by atoms with Crippen LogP contribution >= 0.6 is 0 Å². The molecule has 9 heteroatoms. The van der Waals surface area contributed by atoms with Gasteiger partial charge >= 0.3 is 5.97 Å². The Morgan fingerprint density at radius 2 is 1.82 bits per heavy atom. The molecule has 1 saturated heterocycles. The van der Waals surface area contributed by atoms with Crippen molar-refractivity contribution in [2.75, 3.05) is 32.0 Å². The van der Waals surface area contributed by atoms with Crippen LogP contribution in [0.2, 0.25) is 0 Å². The number of hydrogen-bond acceptors (Lipinski definition) is 7. The van der Waals surface area contributed by atoms with Gasteiger partial charge in [-0.05, 0) is 6.07 Å². The predicted octanol–water partition coefficient (Wildman–Crippen LogP) is 1.93. The van der Waals surface area contributed by atoms with Gasteiger partial charge in [-0.2, -0.15) is 0 Å². The van der Waals surface area contributed by atoms with Crippen LogP contribution in [0.4, 0.5) is 11.4 Å². The molecule has 0 aromatic heterocycles. The van der Waals surface area contributed by atoms with Crippen LogP contribution in [-0.2, 0) is 14.3 Å². The maximum Gasteiger partial charge on any atom is 0.341 e. The highest BCUT2D eigenvalue weighted by atomic mass is 16.6. The molecule has 1 fully saturated rings. The molecule has 1 atom stereocenters. The minimum Gasteiger partial charge on any atom is -0.444 e. The van der Waals surface area contributed by atoms with E-state index in [0.717, 1.165) is 6.07 Å². The van der Waals surface area contributed by atoms with Crippen LogP contribution in [0, 0.1) is 10.1 Å². The molecule has 0 spiro atoms. The van der Waals surface area contributed by atoms with Crippen molar-refractivity contribution in [1.82, 2.24) is 4.90 Å². The molecule has 2 aromatic carbocycles. The van der Waals surface area contributed by atoms with E-state index in [1.165, 1.54) is 12.1 Å². The minimum atomic E-state index is -1.19. The number of rotatable bonds is 5. The first-order chi connectivity index (χ1) is 13.5. The fraction of sp³-hybridized carbons (Fsp3) is 0.263. The molecule has 9 nitrogen and oxygen atoms in total. The Labute approximate surface area is 160 Å². The maximum atomic E-state index is 13.0. The summed E-state index contributed by atoms with van der Waals surface area (Å²) < 4.78 is 10.7. The number of carbonyl (C=O) groups is 2. The lowest BCUT2D eigenvalue weighted by atomic mass is 10.1. The van der Waals surface area contributed by atoms with Crippen molar-refractivity contribution in [3.8, 4) is 0 Å². The number of morpholine rings is 1. The van der Waals surface area contributed by atoms with Gasteiger partial charge in [0.05, 0.1) is 23.7 Å². The Balaban J connectivity index is 1.89. The summed E-state index contributed by atoms with van der Waals surface area (Å²) >= 11 is 0. The van der Waals surface area contributed by atoms with Gasteiger partial charge in [0.25, 0.3) is 11.6 Å². The number of nitro groups is 1. The lowest BCUT2D eigenvalue weighted by molar-refractivity contribution is -0.384. The molecule has 1 heterocycles. The summed E-state index contributed by atoms with van der Waals surface area (Å²) in [6, 6.07) is 12.1. The van der Waals surface area contributed by atoms with Crippen molar-refractivity contribution in [3.05, 3.63) is 69.8 Å². The number of esters is 1. The van der Waals surface area contributed by atoms with Crippen LogP contribution in [0.25, 0.3) is 0 Å². The summed E-state index contributed by atoms with van der Waals surface area (Å²) in [5, 5.41) is 11.0. The van der Waals surface area contributed by atoms with E-state index in [1.54, 1.807) is 35.2 Å². The number of nitrogen functional groups attached to an aromatic ring is 1. The zero-order chi connectivity index (χ0) is 20.1. The van der Waals surface area contributed by atoms with E-state index < -0.39 is 17.0 Å². The van der Waals surface area contributed by atoms with Gasteiger partial charge in [0.2, 0.25) is 6.10 Å². The number of ether oxygens (including phenoxy) is 2. The van der Waals surface area contributed by atoms with E-state index >= 15 is 0 Å². The number of amides is 1. The lowest BCUT2D eigenvalue weighted by Crippen LogP contribution is -2.44. The van der Waals surface area contributed by atoms with Gasteiger partial charge in [0.15, 0.2) is 0 Å². The third-order valence-corrected chi connectivity index (χ3v) is 4.34. The van der Waals surface area contributed by atoms with E-state index in [4.69, 9.17) is 15.2 Å². The zero-order valence-corrected chi connectivity index (χ0v) is 14.9. The molecular formula is C19H19N3O6. The highest BCUT2D eigenvalue weighted by molar-refractivity contribution is 5.97. The maximum absolute atomic E-state index is 13.0. The summed E-state index contributed by atoms with van der Waals surface area (Å²) in [6.45, 7) is 1.58. The Morgan fingerprint density at radius 3 is 2.46 bits per heavy atom. The standard InChI is InChI=1S/C19H19N3O6/c20-16-7-6-14(22(25)26)12-15(16)19(24)28-17(13-4-2-1-3-5-13)18(23)21-8-10-27-11-9-21/h1-7,12,17H,8-11,20H2/t17-/m1/s1. The Hall–Kier alpha value is -3.46. The fourth-order valence-corrected chi connectivity index (χ4v) is 2.84. The Bertz CT molecular complexity index is 880. The molecular weight excluding hydrogens is 366 g/mol. The first kappa shape index (κ1) is 19.3. The smallest absolute Gasteiger partial charge is 0.341 e. The lowest BCUT2D eigenvalue weighted by Gasteiger charge is -2.30. The van der Waals surface area contributed by atoms with Crippen molar-refractivity contribution in [3.63, 3.8) is 0 Å². The summed E-state index contributed by atoms with van der Waals surface area (Å²) in [6.07, 6.45) is -1.19. The largest absolute Gasteiger partial charge is 0.444 e. The van der Waals surface area contributed by atoms with Crippen molar-refractivity contribution >= 4 is 23.3 Å². The minimum absolute atomic E-state index is 0.0289. The number of non-ortho nitro benzene ring substituents is 1. The number of anilines is 1. The van der Waals surface area contributed by atoms with E-state index in [9.17, 15) is 19.7 Å². The number of benzene rings is 2. The monoisotopic (exact) mass is 385 g/mol. The highest BCUT2D eigenvalue weighted by Crippen LogP contribution is 2.26. The quantitative estimate of drug-likeness (QED) is 0.361. The summed E-state index contributed by atoms with van der Waals surface area (Å²) in [5.41, 5.74) is 5.86. The van der Waals surface area contributed by atoms with Gasteiger partial charge in [0.1, 0.15) is 0 Å². The van der Waals surface area contributed by atoms with Crippen LogP contribution in [0.1, 0.15) is 22.0 Å². The van der Waals surface area contributed by atoms with Crippen LogP contribution < -0.4 is 5.73 Å². The first-order valence-corrected chi connectivity index (χ1v) is 8.63. The number of hydrogen-bond donors (Lipinski definition) is 1. The second-order valence-electron chi connectivity index (χ2n) is 6.16. The molecule has 3 rings (SSSR count). The van der Waals surface area contributed by atoms with E-state index in [2.05, 4.69) is 0 Å². The third kappa shape index (κ3) is 4.26. The average Bonchev–Trinajstić information content (AvgIpc) is 2.72. The number of carbonyl (C=O) groups excluding carboxylic acids is 2. The van der Waals surface area contributed by atoms with E-state index in [1.807, 2.05) is 0 Å². The van der Waals surface area contributed by atoms with Gasteiger partial charge in [-0.25, -0.2) is 4.79 Å². The van der Waals surface area contributed by atoms with Crippen LogP contribution in [0.15, 0.2) is 48.5 Å². The van der Waals surface area contributed by atoms with E-state index in [0.29, 0.717) is 31.9 Å². The second-order valence-corrected chi connectivity index (χ2v) is 6.16. The number of nitrogens with zero attached hydrogens (tertiary/aromatic N) is 2. The van der Waals surface area contributed by atoms with Crippen molar-refractivity contribution < 1.29 is 24.0 Å².